The van der Waals surface area contributed by atoms with Crippen molar-refractivity contribution < 1.29 is 0 Å². The van der Waals surface area contributed by atoms with E-state index >= 15 is 0 Å². The number of fused-ring (bicyclic) bond motifs is 1. The van der Waals surface area contributed by atoms with E-state index in [1.807, 2.05) is 0 Å². The van der Waals surface area contributed by atoms with Crippen LogP contribution in [0.5, 0.6) is 0 Å². The van der Waals surface area contributed by atoms with Gasteiger partial charge in [0.2, 0.25) is 0 Å². The highest BCUT2D eigenvalue weighted by Gasteiger charge is 2.33. The molecule has 0 saturated carbocycles. The Balaban J connectivity index is 2.01. The molecule has 0 aromatic carbocycles. The summed E-state index contributed by atoms with van der Waals surface area (Å²) >= 11 is 1.76. The fourth-order valence-corrected chi connectivity index (χ4v) is 4.04. The molecule has 0 bridgehead atoms. The quantitative estimate of drug-likeness (QED) is 0.877. The SMILES string of the molecule is CC(c1ccsc1)n1ccc2c1CC(C)(C)CC2N. The zero-order valence-electron chi connectivity index (χ0n) is 11.9. The van der Waals surface area contributed by atoms with Crippen molar-refractivity contribution in [2.75, 3.05) is 0 Å². The fraction of sp³-hybridized carbons (Fsp3) is 0.500. The van der Waals surface area contributed by atoms with Gasteiger partial charge in [-0.15, -0.1) is 0 Å². The highest BCUT2D eigenvalue weighted by molar-refractivity contribution is 7.07. The molecule has 0 amide bonds. The first kappa shape index (κ1) is 12.9. The molecule has 1 aliphatic carbocycles. The minimum atomic E-state index is 0.190. The van der Waals surface area contributed by atoms with E-state index in [0.717, 1.165) is 12.8 Å². The minimum absolute atomic E-state index is 0.190. The summed E-state index contributed by atoms with van der Waals surface area (Å²) in [5, 5.41) is 4.39. The summed E-state index contributed by atoms with van der Waals surface area (Å²) < 4.78 is 2.41. The molecule has 0 fully saturated rings. The van der Waals surface area contributed by atoms with Crippen LogP contribution in [0, 0.1) is 5.41 Å². The maximum Gasteiger partial charge on any atom is 0.0562 e. The largest absolute Gasteiger partial charge is 0.344 e. The number of nitrogens with zero attached hydrogens (tertiary/aromatic N) is 1. The van der Waals surface area contributed by atoms with E-state index in [-0.39, 0.29) is 6.04 Å². The van der Waals surface area contributed by atoms with Crippen molar-refractivity contribution in [1.29, 1.82) is 0 Å². The lowest BCUT2D eigenvalue weighted by Crippen LogP contribution is -2.30. The third-order valence-electron chi connectivity index (χ3n) is 4.32. The molecule has 0 spiro atoms. The summed E-state index contributed by atoms with van der Waals surface area (Å²) in [6, 6.07) is 5.03. The van der Waals surface area contributed by atoms with Gasteiger partial charge in [-0.2, -0.15) is 11.3 Å². The summed E-state index contributed by atoms with van der Waals surface area (Å²) in [6.45, 7) is 6.92. The molecule has 2 aromatic heterocycles. The lowest BCUT2D eigenvalue weighted by atomic mass is 9.74. The van der Waals surface area contributed by atoms with Gasteiger partial charge in [0.15, 0.2) is 0 Å². The third kappa shape index (κ3) is 2.26. The highest BCUT2D eigenvalue weighted by atomic mass is 32.1. The second-order valence-corrected chi connectivity index (χ2v) is 7.29. The van der Waals surface area contributed by atoms with E-state index in [4.69, 9.17) is 5.73 Å². The summed E-state index contributed by atoms with van der Waals surface area (Å²) in [7, 11) is 0. The van der Waals surface area contributed by atoms with E-state index in [1.165, 1.54) is 16.8 Å². The van der Waals surface area contributed by atoms with Gasteiger partial charge in [-0.3, -0.25) is 0 Å². The molecule has 19 heavy (non-hydrogen) atoms. The molecule has 2 atom stereocenters. The standard InChI is InChI=1S/C16H22N2S/c1-11(12-5-7-19-10-12)18-6-4-13-14(17)8-16(2,3)9-15(13)18/h4-7,10-11,14H,8-9,17H2,1-3H3. The second kappa shape index (κ2) is 4.50. The second-order valence-electron chi connectivity index (χ2n) is 6.51. The molecule has 2 N–H and O–H groups in total. The van der Waals surface area contributed by atoms with Gasteiger partial charge in [0.25, 0.3) is 0 Å². The fourth-order valence-electron chi connectivity index (χ4n) is 3.29. The normalized spacial score (nSPS) is 23.1. The van der Waals surface area contributed by atoms with Gasteiger partial charge in [0.1, 0.15) is 0 Å². The van der Waals surface area contributed by atoms with Crippen LogP contribution >= 0.6 is 11.3 Å². The van der Waals surface area contributed by atoms with E-state index < -0.39 is 0 Å². The minimum Gasteiger partial charge on any atom is -0.344 e. The molecule has 2 aromatic rings. The van der Waals surface area contributed by atoms with Crippen molar-refractivity contribution in [2.24, 2.45) is 11.1 Å². The Morgan fingerprint density at radius 1 is 1.42 bits per heavy atom. The Hall–Kier alpha value is -1.06. The van der Waals surface area contributed by atoms with Crippen molar-refractivity contribution >= 4 is 11.3 Å². The summed E-state index contributed by atoms with van der Waals surface area (Å²) in [5.74, 6) is 0. The molecule has 3 heteroatoms. The van der Waals surface area contributed by atoms with Gasteiger partial charge in [-0.1, -0.05) is 13.8 Å². The number of nitrogens with two attached hydrogens (primary N) is 1. The lowest BCUT2D eigenvalue weighted by Gasteiger charge is -2.35. The Morgan fingerprint density at radius 3 is 2.89 bits per heavy atom. The molecular weight excluding hydrogens is 252 g/mol. The molecule has 2 nitrogen and oxygen atoms in total. The first-order valence-corrected chi connectivity index (χ1v) is 7.89. The van der Waals surface area contributed by atoms with Crippen LogP contribution in [-0.4, -0.2) is 4.57 Å². The smallest absolute Gasteiger partial charge is 0.0562 e. The predicted molar refractivity (Wildman–Crippen MR) is 81.6 cm³/mol. The number of aromatic nitrogens is 1. The maximum absolute atomic E-state index is 6.34. The molecule has 0 radical (unpaired) electrons. The maximum atomic E-state index is 6.34. The average molecular weight is 274 g/mol. The Kier molecular flexibility index (Phi) is 3.06. The predicted octanol–water partition coefficient (Wildman–Crippen LogP) is 4.13. The van der Waals surface area contributed by atoms with E-state index in [1.54, 1.807) is 11.3 Å². The van der Waals surface area contributed by atoms with E-state index in [0.29, 0.717) is 11.5 Å². The Labute approximate surface area is 119 Å². The zero-order chi connectivity index (χ0) is 13.6. The van der Waals surface area contributed by atoms with Gasteiger partial charge in [-0.05, 0) is 59.2 Å². The van der Waals surface area contributed by atoms with Gasteiger partial charge >= 0.3 is 0 Å². The monoisotopic (exact) mass is 274 g/mol. The topological polar surface area (TPSA) is 30.9 Å². The number of hydrogen-bond acceptors (Lipinski definition) is 2. The van der Waals surface area contributed by atoms with E-state index in [9.17, 15) is 0 Å². The molecule has 3 rings (SSSR count). The molecule has 102 valence electrons. The van der Waals surface area contributed by atoms with Crippen molar-refractivity contribution in [2.45, 2.75) is 45.7 Å². The highest BCUT2D eigenvalue weighted by Crippen LogP contribution is 2.41. The molecular formula is C16H22N2S. The number of thiophene rings is 1. The summed E-state index contributed by atoms with van der Waals surface area (Å²) in [4.78, 5) is 0. The number of rotatable bonds is 2. The number of hydrogen-bond donors (Lipinski definition) is 1. The van der Waals surface area contributed by atoms with Crippen molar-refractivity contribution in [1.82, 2.24) is 4.57 Å². The van der Waals surface area contributed by atoms with Crippen LogP contribution in [0.3, 0.4) is 0 Å². The van der Waals surface area contributed by atoms with Gasteiger partial charge in [0.05, 0.1) is 6.04 Å². The van der Waals surface area contributed by atoms with Gasteiger partial charge in [-0.25, -0.2) is 0 Å². The van der Waals surface area contributed by atoms with Crippen molar-refractivity contribution in [3.63, 3.8) is 0 Å². The summed E-state index contributed by atoms with van der Waals surface area (Å²) in [5.41, 5.74) is 10.8. The molecule has 2 heterocycles. The van der Waals surface area contributed by atoms with Crippen LogP contribution < -0.4 is 5.73 Å². The third-order valence-corrected chi connectivity index (χ3v) is 5.02. The van der Waals surface area contributed by atoms with E-state index in [2.05, 4.69) is 54.4 Å². The zero-order valence-corrected chi connectivity index (χ0v) is 12.7. The van der Waals surface area contributed by atoms with Crippen molar-refractivity contribution in [3.8, 4) is 0 Å². The molecule has 0 saturated heterocycles. The van der Waals surface area contributed by atoms with Crippen LogP contribution in [0.4, 0.5) is 0 Å². The van der Waals surface area contributed by atoms with Crippen LogP contribution in [0.25, 0.3) is 0 Å². The van der Waals surface area contributed by atoms with Gasteiger partial charge < -0.3 is 10.3 Å². The van der Waals surface area contributed by atoms with Crippen LogP contribution in [0.1, 0.15) is 56.1 Å². The first-order valence-electron chi connectivity index (χ1n) is 6.95. The summed E-state index contributed by atoms with van der Waals surface area (Å²) in [6.07, 6.45) is 4.42. The Morgan fingerprint density at radius 2 is 2.21 bits per heavy atom. The lowest BCUT2D eigenvalue weighted by molar-refractivity contribution is 0.274. The van der Waals surface area contributed by atoms with Crippen molar-refractivity contribution in [3.05, 3.63) is 45.9 Å². The average Bonchev–Trinajstić information content (AvgIpc) is 2.94. The molecule has 2 unspecified atom stereocenters. The Bertz CT molecular complexity index is 566. The first-order chi connectivity index (χ1) is 8.98. The van der Waals surface area contributed by atoms with Crippen LogP contribution in [0.2, 0.25) is 0 Å². The van der Waals surface area contributed by atoms with Crippen LogP contribution in [0.15, 0.2) is 29.1 Å². The molecule has 1 aliphatic rings. The van der Waals surface area contributed by atoms with Gasteiger partial charge in [0, 0.05) is 17.9 Å². The van der Waals surface area contributed by atoms with Crippen LogP contribution in [-0.2, 0) is 6.42 Å². The molecule has 0 aliphatic heterocycles.